The van der Waals surface area contributed by atoms with Gasteiger partial charge in [-0.3, -0.25) is 0 Å². The normalized spacial score (nSPS) is 12.2. The Kier molecular flexibility index (Phi) is 5.51. The van der Waals surface area contributed by atoms with Crippen molar-refractivity contribution in [2.45, 2.75) is 19.4 Å². The van der Waals surface area contributed by atoms with Crippen LogP contribution in [-0.4, -0.2) is 13.6 Å². The zero-order valence-electron chi connectivity index (χ0n) is 12.3. The molecule has 2 nitrogen and oxygen atoms in total. The van der Waals surface area contributed by atoms with Gasteiger partial charge in [-0.15, -0.1) is 0 Å². The van der Waals surface area contributed by atoms with E-state index in [4.69, 9.17) is 28.9 Å². The summed E-state index contributed by atoms with van der Waals surface area (Å²) >= 11 is 12.4. The Morgan fingerprint density at radius 1 is 1.10 bits per heavy atom. The number of aryl methyl sites for hydroxylation is 1. The highest BCUT2D eigenvalue weighted by Crippen LogP contribution is 2.33. The maximum Gasteiger partial charge on any atom is 0.0676 e. The van der Waals surface area contributed by atoms with E-state index in [1.807, 2.05) is 19.2 Å². The molecule has 4 heteroatoms. The average molecular weight is 323 g/mol. The number of anilines is 1. The van der Waals surface area contributed by atoms with Gasteiger partial charge >= 0.3 is 0 Å². The molecule has 2 N–H and O–H groups in total. The first-order valence-electron chi connectivity index (χ1n) is 7.04. The number of likely N-dealkylation sites (N-methyl/N-ethyl adjacent to an activating group) is 1. The SMILES string of the molecule is CCc1ccc(N(C)C(CN)c2cccc(Cl)c2Cl)cc1. The molecular weight excluding hydrogens is 303 g/mol. The van der Waals surface area contributed by atoms with Gasteiger partial charge in [0.2, 0.25) is 0 Å². The van der Waals surface area contributed by atoms with Gasteiger partial charge in [0, 0.05) is 19.3 Å². The maximum absolute atomic E-state index is 6.33. The van der Waals surface area contributed by atoms with E-state index in [9.17, 15) is 0 Å². The van der Waals surface area contributed by atoms with E-state index in [2.05, 4.69) is 36.1 Å². The monoisotopic (exact) mass is 322 g/mol. The van der Waals surface area contributed by atoms with Crippen molar-refractivity contribution < 1.29 is 0 Å². The van der Waals surface area contributed by atoms with Crippen LogP contribution in [0.3, 0.4) is 0 Å². The first-order chi connectivity index (χ1) is 10.1. The second kappa shape index (κ2) is 7.17. The molecule has 2 aromatic rings. The van der Waals surface area contributed by atoms with Crippen LogP contribution in [0.1, 0.15) is 24.1 Å². The highest BCUT2D eigenvalue weighted by atomic mass is 35.5. The zero-order valence-corrected chi connectivity index (χ0v) is 13.8. The minimum atomic E-state index is -0.0105. The van der Waals surface area contributed by atoms with E-state index < -0.39 is 0 Å². The quantitative estimate of drug-likeness (QED) is 0.865. The Labute approximate surface area is 136 Å². The average Bonchev–Trinajstić information content (AvgIpc) is 2.52. The van der Waals surface area contributed by atoms with Gasteiger partial charge in [-0.2, -0.15) is 0 Å². The summed E-state index contributed by atoms with van der Waals surface area (Å²) in [5.41, 5.74) is 9.35. The van der Waals surface area contributed by atoms with Crippen molar-refractivity contribution in [3.8, 4) is 0 Å². The standard InChI is InChI=1S/C17H20Cl2N2/c1-3-12-7-9-13(10-8-12)21(2)16(11-20)14-5-4-6-15(18)17(14)19/h4-10,16H,3,11,20H2,1-2H3. The smallest absolute Gasteiger partial charge is 0.0676 e. The van der Waals surface area contributed by atoms with Crippen LogP contribution in [0.2, 0.25) is 10.0 Å². The highest BCUT2D eigenvalue weighted by Gasteiger charge is 2.19. The molecule has 0 radical (unpaired) electrons. The third-order valence-corrected chi connectivity index (χ3v) is 4.62. The Hall–Kier alpha value is -1.22. The topological polar surface area (TPSA) is 29.3 Å². The highest BCUT2D eigenvalue weighted by molar-refractivity contribution is 6.42. The molecule has 0 aliphatic heterocycles. The van der Waals surface area contributed by atoms with Gasteiger partial charge in [0.1, 0.15) is 0 Å². The van der Waals surface area contributed by atoms with Crippen LogP contribution in [0.25, 0.3) is 0 Å². The molecule has 0 amide bonds. The van der Waals surface area contributed by atoms with Crippen molar-refractivity contribution in [3.63, 3.8) is 0 Å². The molecule has 0 aromatic heterocycles. The van der Waals surface area contributed by atoms with Crippen molar-refractivity contribution in [3.05, 3.63) is 63.6 Å². The number of hydrogen-bond acceptors (Lipinski definition) is 2. The summed E-state index contributed by atoms with van der Waals surface area (Å²) in [6.07, 6.45) is 1.03. The predicted molar refractivity (Wildman–Crippen MR) is 92.5 cm³/mol. The fourth-order valence-corrected chi connectivity index (χ4v) is 2.85. The molecule has 0 saturated heterocycles. The second-order valence-corrected chi connectivity index (χ2v) is 5.81. The first kappa shape index (κ1) is 16.2. The van der Waals surface area contributed by atoms with Crippen LogP contribution in [0.4, 0.5) is 5.69 Å². The molecule has 2 rings (SSSR count). The molecule has 0 saturated carbocycles. The first-order valence-corrected chi connectivity index (χ1v) is 7.79. The third kappa shape index (κ3) is 3.52. The van der Waals surface area contributed by atoms with Gasteiger partial charge in [-0.05, 0) is 35.7 Å². The Morgan fingerprint density at radius 2 is 1.76 bits per heavy atom. The summed E-state index contributed by atoms with van der Waals surface area (Å²) in [6, 6.07) is 14.2. The number of nitrogens with zero attached hydrogens (tertiary/aromatic N) is 1. The van der Waals surface area contributed by atoms with E-state index in [1.165, 1.54) is 5.56 Å². The molecule has 21 heavy (non-hydrogen) atoms. The largest absolute Gasteiger partial charge is 0.366 e. The van der Waals surface area contributed by atoms with E-state index in [-0.39, 0.29) is 6.04 Å². The summed E-state index contributed by atoms with van der Waals surface area (Å²) in [6.45, 7) is 2.61. The Balaban J connectivity index is 2.33. The maximum atomic E-state index is 6.33. The van der Waals surface area contributed by atoms with Gasteiger partial charge < -0.3 is 10.6 Å². The molecule has 112 valence electrons. The number of hydrogen-bond donors (Lipinski definition) is 1. The molecule has 0 aliphatic carbocycles. The van der Waals surface area contributed by atoms with Crippen LogP contribution < -0.4 is 10.6 Å². The molecule has 1 atom stereocenters. The van der Waals surface area contributed by atoms with Crippen molar-refractivity contribution in [1.82, 2.24) is 0 Å². The summed E-state index contributed by atoms with van der Waals surface area (Å²) in [4.78, 5) is 2.14. The minimum absolute atomic E-state index is 0.0105. The van der Waals surface area contributed by atoms with E-state index in [0.29, 0.717) is 16.6 Å². The van der Waals surface area contributed by atoms with E-state index >= 15 is 0 Å². The van der Waals surface area contributed by atoms with Crippen LogP contribution in [0.5, 0.6) is 0 Å². The molecule has 0 aliphatic rings. The van der Waals surface area contributed by atoms with Crippen LogP contribution in [0.15, 0.2) is 42.5 Å². The lowest BCUT2D eigenvalue weighted by Gasteiger charge is -2.30. The Morgan fingerprint density at radius 3 is 2.33 bits per heavy atom. The fourth-order valence-electron chi connectivity index (χ4n) is 2.42. The summed E-state index contributed by atoms with van der Waals surface area (Å²) in [5.74, 6) is 0. The third-order valence-electron chi connectivity index (χ3n) is 3.78. The molecule has 0 spiro atoms. The number of nitrogens with two attached hydrogens (primary N) is 1. The number of rotatable bonds is 5. The second-order valence-electron chi connectivity index (χ2n) is 5.03. The van der Waals surface area contributed by atoms with Gasteiger partial charge in [0.05, 0.1) is 16.1 Å². The fraction of sp³-hybridized carbons (Fsp3) is 0.294. The summed E-state index contributed by atoms with van der Waals surface area (Å²) in [5, 5.41) is 1.13. The number of benzene rings is 2. The molecule has 0 bridgehead atoms. The predicted octanol–water partition coefficient (Wildman–Crippen LogP) is 4.69. The molecule has 0 heterocycles. The summed E-state index contributed by atoms with van der Waals surface area (Å²) in [7, 11) is 2.02. The van der Waals surface area contributed by atoms with Crippen molar-refractivity contribution in [2.75, 3.05) is 18.5 Å². The minimum Gasteiger partial charge on any atom is -0.366 e. The summed E-state index contributed by atoms with van der Waals surface area (Å²) < 4.78 is 0. The molecule has 2 aromatic carbocycles. The van der Waals surface area contributed by atoms with Gasteiger partial charge in [-0.25, -0.2) is 0 Å². The lowest BCUT2D eigenvalue weighted by molar-refractivity contribution is 0.681. The van der Waals surface area contributed by atoms with Crippen LogP contribution in [-0.2, 0) is 6.42 Å². The van der Waals surface area contributed by atoms with Crippen molar-refractivity contribution in [2.24, 2.45) is 5.73 Å². The lowest BCUT2D eigenvalue weighted by atomic mass is 10.0. The zero-order chi connectivity index (χ0) is 15.4. The van der Waals surface area contributed by atoms with Crippen LogP contribution in [0, 0.1) is 0 Å². The number of halogens is 2. The van der Waals surface area contributed by atoms with E-state index in [0.717, 1.165) is 17.7 Å². The molecular formula is C17H20Cl2N2. The lowest BCUT2D eigenvalue weighted by Crippen LogP contribution is -2.30. The molecule has 0 fully saturated rings. The Bertz CT molecular complexity index is 596. The van der Waals surface area contributed by atoms with Gasteiger partial charge in [0.15, 0.2) is 0 Å². The van der Waals surface area contributed by atoms with E-state index in [1.54, 1.807) is 6.07 Å². The van der Waals surface area contributed by atoms with Gasteiger partial charge in [0.25, 0.3) is 0 Å². The van der Waals surface area contributed by atoms with Crippen molar-refractivity contribution in [1.29, 1.82) is 0 Å². The van der Waals surface area contributed by atoms with Crippen molar-refractivity contribution >= 4 is 28.9 Å². The molecule has 1 unspecified atom stereocenters. The van der Waals surface area contributed by atoms with Crippen LogP contribution >= 0.6 is 23.2 Å². The van der Waals surface area contributed by atoms with Gasteiger partial charge in [-0.1, -0.05) is 54.4 Å².